The summed E-state index contributed by atoms with van der Waals surface area (Å²) >= 11 is 0. The van der Waals surface area contributed by atoms with Crippen LogP contribution in [0.15, 0.2) is 42.9 Å². The zero-order valence-corrected chi connectivity index (χ0v) is 12.5. The number of anilines is 1. The summed E-state index contributed by atoms with van der Waals surface area (Å²) in [6.45, 7) is 5.06. The van der Waals surface area contributed by atoms with Crippen molar-refractivity contribution in [1.82, 2.24) is 25.1 Å². The zero-order chi connectivity index (χ0) is 14.9. The predicted molar refractivity (Wildman–Crippen MR) is 86.3 cm³/mol. The molecule has 1 saturated heterocycles. The van der Waals surface area contributed by atoms with Crippen molar-refractivity contribution in [3.63, 3.8) is 0 Å². The Hall–Kier alpha value is -2.47. The Morgan fingerprint density at radius 3 is 2.86 bits per heavy atom. The minimum absolute atomic E-state index is 0.461. The number of nitrogens with one attached hydrogen (secondary N) is 1. The lowest BCUT2D eigenvalue weighted by Gasteiger charge is -2.32. The molecule has 3 aromatic rings. The van der Waals surface area contributed by atoms with Gasteiger partial charge in [-0.05, 0) is 19.1 Å². The molecule has 0 unspecified atom stereocenters. The first-order valence-corrected chi connectivity index (χ1v) is 7.55. The van der Waals surface area contributed by atoms with Crippen molar-refractivity contribution in [2.45, 2.75) is 13.0 Å². The van der Waals surface area contributed by atoms with E-state index in [1.807, 2.05) is 41.2 Å². The highest BCUT2D eigenvalue weighted by Crippen LogP contribution is 2.25. The number of aromatic nitrogens is 4. The van der Waals surface area contributed by atoms with Crippen LogP contribution >= 0.6 is 0 Å². The third kappa shape index (κ3) is 2.21. The number of piperazine rings is 1. The maximum absolute atomic E-state index is 4.51. The highest BCUT2D eigenvalue weighted by Gasteiger charge is 2.20. The van der Waals surface area contributed by atoms with Crippen LogP contribution in [-0.4, -0.2) is 45.4 Å². The van der Waals surface area contributed by atoms with Gasteiger partial charge in [0.2, 0.25) is 0 Å². The summed E-state index contributed by atoms with van der Waals surface area (Å²) in [5.41, 5.74) is 1.86. The lowest BCUT2D eigenvalue weighted by atomic mass is 10.2. The van der Waals surface area contributed by atoms with Crippen LogP contribution in [0.3, 0.4) is 0 Å². The number of para-hydroxylation sites is 1. The predicted octanol–water partition coefficient (Wildman–Crippen LogP) is 1.61. The Balaban J connectivity index is 1.80. The van der Waals surface area contributed by atoms with Crippen LogP contribution in [0.1, 0.15) is 6.92 Å². The van der Waals surface area contributed by atoms with Gasteiger partial charge in [-0.2, -0.15) is 5.10 Å². The average Bonchev–Trinajstić information content (AvgIpc) is 2.99. The van der Waals surface area contributed by atoms with Crippen LogP contribution in [0.25, 0.3) is 16.7 Å². The van der Waals surface area contributed by atoms with Gasteiger partial charge in [0.05, 0.1) is 17.3 Å². The fourth-order valence-corrected chi connectivity index (χ4v) is 2.97. The Labute approximate surface area is 128 Å². The molecule has 0 spiro atoms. The molecule has 0 saturated carbocycles. The fourth-order valence-electron chi connectivity index (χ4n) is 2.97. The highest BCUT2D eigenvalue weighted by molar-refractivity contribution is 5.87. The van der Waals surface area contributed by atoms with E-state index in [9.17, 15) is 0 Å². The van der Waals surface area contributed by atoms with Gasteiger partial charge in [-0.3, -0.25) is 0 Å². The summed E-state index contributed by atoms with van der Waals surface area (Å²) in [4.78, 5) is 11.3. The molecular weight excluding hydrogens is 276 g/mol. The van der Waals surface area contributed by atoms with Crippen LogP contribution in [0, 0.1) is 0 Å². The van der Waals surface area contributed by atoms with E-state index in [2.05, 4.69) is 32.2 Å². The minimum atomic E-state index is 0.461. The second kappa shape index (κ2) is 5.38. The van der Waals surface area contributed by atoms with Crippen LogP contribution in [0.5, 0.6) is 0 Å². The molecule has 4 rings (SSSR count). The molecular formula is C16H18N6. The minimum Gasteiger partial charge on any atom is -0.353 e. The van der Waals surface area contributed by atoms with E-state index in [4.69, 9.17) is 0 Å². The van der Waals surface area contributed by atoms with E-state index >= 15 is 0 Å². The molecule has 6 heteroatoms. The largest absolute Gasteiger partial charge is 0.353 e. The Morgan fingerprint density at radius 1 is 1.18 bits per heavy atom. The molecule has 1 aliphatic rings. The SMILES string of the molecule is C[C@H]1CN(c2ncnc3c2cnn3-c2ccccc2)CCN1. The lowest BCUT2D eigenvalue weighted by Crippen LogP contribution is -2.49. The van der Waals surface area contributed by atoms with Crippen molar-refractivity contribution >= 4 is 16.9 Å². The average molecular weight is 294 g/mol. The molecule has 0 amide bonds. The van der Waals surface area contributed by atoms with Gasteiger partial charge in [0.15, 0.2) is 5.65 Å². The van der Waals surface area contributed by atoms with Gasteiger partial charge >= 0.3 is 0 Å². The van der Waals surface area contributed by atoms with Gasteiger partial charge in [-0.1, -0.05) is 18.2 Å². The molecule has 1 fully saturated rings. The normalized spacial score (nSPS) is 18.8. The van der Waals surface area contributed by atoms with Gasteiger partial charge in [-0.15, -0.1) is 0 Å². The summed E-state index contributed by atoms with van der Waals surface area (Å²) in [6.07, 6.45) is 3.50. The second-order valence-corrected chi connectivity index (χ2v) is 5.63. The maximum atomic E-state index is 4.51. The molecule has 1 aliphatic heterocycles. The van der Waals surface area contributed by atoms with Crippen molar-refractivity contribution in [3.05, 3.63) is 42.9 Å². The number of benzene rings is 1. The summed E-state index contributed by atoms with van der Waals surface area (Å²) in [5.74, 6) is 0.973. The lowest BCUT2D eigenvalue weighted by molar-refractivity contribution is 0.483. The summed E-state index contributed by atoms with van der Waals surface area (Å²) in [6, 6.07) is 10.5. The molecule has 1 N–H and O–H groups in total. The molecule has 22 heavy (non-hydrogen) atoms. The molecule has 0 aliphatic carbocycles. The number of hydrogen-bond donors (Lipinski definition) is 1. The van der Waals surface area contributed by atoms with Gasteiger partial charge in [0, 0.05) is 25.7 Å². The Kier molecular flexibility index (Phi) is 3.23. The smallest absolute Gasteiger partial charge is 0.168 e. The van der Waals surface area contributed by atoms with Gasteiger partial charge in [-0.25, -0.2) is 14.6 Å². The first-order valence-electron chi connectivity index (χ1n) is 7.55. The van der Waals surface area contributed by atoms with E-state index in [1.54, 1.807) is 6.33 Å². The topological polar surface area (TPSA) is 58.9 Å². The zero-order valence-electron chi connectivity index (χ0n) is 12.5. The monoisotopic (exact) mass is 294 g/mol. The van der Waals surface area contributed by atoms with E-state index in [-0.39, 0.29) is 0 Å². The van der Waals surface area contributed by atoms with Crippen molar-refractivity contribution in [3.8, 4) is 5.69 Å². The molecule has 0 bridgehead atoms. The number of rotatable bonds is 2. The second-order valence-electron chi connectivity index (χ2n) is 5.63. The van der Waals surface area contributed by atoms with Crippen molar-refractivity contribution < 1.29 is 0 Å². The maximum Gasteiger partial charge on any atom is 0.168 e. The summed E-state index contributed by atoms with van der Waals surface area (Å²) < 4.78 is 1.87. The van der Waals surface area contributed by atoms with Crippen LogP contribution in [-0.2, 0) is 0 Å². The van der Waals surface area contributed by atoms with Crippen LogP contribution < -0.4 is 10.2 Å². The quantitative estimate of drug-likeness (QED) is 0.778. The summed E-state index contributed by atoms with van der Waals surface area (Å²) in [7, 11) is 0. The van der Waals surface area contributed by atoms with E-state index in [0.29, 0.717) is 6.04 Å². The fraction of sp³-hybridized carbons (Fsp3) is 0.312. The van der Waals surface area contributed by atoms with Crippen molar-refractivity contribution in [2.24, 2.45) is 0 Å². The highest BCUT2D eigenvalue weighted by atomic mass is 15.3. The van der Waals surface area contributed by atoms with E-state index < -0.39 is 0 Å². The third-order valence-corrected chi connectivity index (χ3v) is 4.01. The standard InChI is InChI=1S/C16H18N6/c1-12-10-21(8-7-17-12)15-14-9-20-22(16(14)19-11-18-15)13-5-3-2-4-6-13/h2-6,9,11-12,17H,7-8,10H2,1H3/t12-/m0/s1. The summed E-state index contributed by atoms with van der Waals surface area (Å²) in [5, 5.41) is 8.97. The Bertz CT molecular complexity index is 782. The first kappa shape index (κ1) is 13.2. The van der Waals surface area contributed by atoms with Crippen molar-refractivity contribution in [2.75, 3.05) is 24.5 Å². The molecule has 0 radical (unpaired) electrons. The molecule has 6 nitrogen and oxygen atoms in total. The van der Waals surface area contributed by atoms with Crippen LogP contribution in [0.4, 0.5) is 5.82 Å². The molecule has 112 valence electrons. The molecule has 1 aromatic carbocycles. The van der Waals surface area contributed by atoms with Gasteiger partial charge in [0.25, 0.3) is 0 Å². The first-order chi connectivity index (χ1) is 10.8. The van der Waals surface area contributed by atoms with E-state index in [1.165, 1.54) is 0 Å². The number of nitrogens with zero attached hydrogens (tertiary/aromatic N) is 5. The van der Waals surface area contributed by atoms with Gasteiger partial charge < -0.3 is 10.2 Å². The number of hydrogen-bond acceptors (Lipinski definition) is 5. The molecule has 3 heterocycles. The van der Waals surface area contributed by atoms with E-state index in [0.717, 1.165) is 42.2 Å². The number of fused-ring (bicyclic) bond motifs is 1. The Morgan fingerprint density at radius 2 is 2.05 bits per heavy atom. The third-order valence-electron chi connectivity index (χ3n) is 4.01. The van der Waals surface area contributed by atoms with Crippen LogP contribution in [0.2, 0.25) is 0 Å². The van der Waals surface area contributed by atoms with Gasteiger partial charge in [0.1, 0.15) is 12.1 Å². The molecule has 2 aromatic heterocycles. The van der Waals surface area contributed by atoms with Crippen molar-refractivity contribution in [1.29, 1.82) is 0 Å². The molecule has 1 atom stereocenters.